The van der Waals surface area contributed by atoms with E-state index in [-0.39, 0.29) is 11.0 Å². The van der Waals surface area contributed by atoms with Gasteiger partial charge in [0, 0.05) is 10.6 Å². The molecule has 0 unspecified atom stereocenters. The van der Waals surface area contributed by atoms with Gasteiger partial charge in [-0.05, 0) is 24.4 Å². The van der Waals surface area contributed by atoms with Crippen molar-refractivity contribution in [1.82, 2.24) is 10.6 Å². The second-order valence-electron chi connectivity index (χ2n) is 3.02. The maximum absolute atomic E-state index is 11.6. The summed E-state index contributed by atoms with van der Waals surface area (Å²) in [6.07, 6.45) is 0. The number of nitrogens with one attached hydrogen (secondary N) is 2. The molecule has 0 aliphatic heterocycles. The standard InChI is InChI=1S/C11H11ClN2OS/c1-8(12)7-13-11(16)14-10(15)9-5-3-2-4-6-9/h2-6H,1,7H2,(H2,13,14,15,16). The van der Waals surface area contributed by atoms with E-state index in [1.165, 1.54) is 0 Å². The molecule has 1 aromatic carbocycles. The van der Waals surface area contributed by atoms with Gasteiger partial charge in [0.05, 0.1) is 6.54 Å². The smallest absolute Gasteiger partial charge is 0.257 e. The summed E-state index contributed by atoms with van der Waals surface area (Å²) < 4.78 is 0. The van der Waals surface area contributed by atoms with Crippen LogP contribution in [0.15, 0.2) is 41.9 Å². The molecule has 1 rings (SSSR count). The van der Waals surface area contributed by atoms with Gasteiger partial charge in [0.2, 0.25) is 0 Å². The van der Waals surface area contributed by atoms with E-state index in [1.54, 1.807) is 24.3 Å². The molecule has 1 aromatic rings. The van der Waals surface area contributed by atoms with E-state index in [0.717, 1.165) is 0 Å². The van der Waals surface area contributed by atoms with Gasteiger partial charge in [0.1, 0.15) is 0 Å². The zero-order valence-corrected chi connectivity index (χ0v) is 10.1. The van der Waals surface area contributed by atoms with Gasteiger partial charge in [0.25, 0.3) is 5.91 Å². The first-order valence-corrected chi connectivity index (χ1v) is 5.35. The monoisotopic (exact) mass is 254 g/mol. The van der Waals surface area contributed by atoms with Crippen LogP contribution in [0.5, 0.6) is 0 Å². The average Bonchev–Trinajstić information content (AvgIpc) is 2.27. The van der Waals surface area contributed by atoms with Crippen LogP contribution in [0.4, 0.5) is 0 Å². The van der Waals surface area contributed by atoms with Gasteiger partial charge < -0.3 is 5.32 Å². The number of carbonyl (C=O) groups excluding carboxylic acids is 1. The first-order valence-electron chi connectivity index (χ1n) is 4.57. The third-order valence-corrected chi connectivity index (χ3v) is 2.08. The maximum Gasteiger partial charge on any atom is 0.257 e. The fraction of sp³-hybridized carbons (Fsp3) is 0.0909. The summed E-state index contributed by atoms with van der Waals surface area (Å²) in [4.78, 5) is 11.6. The van der Waals surface area contributed by atoms with E-state index in [9.17, 15) is 4.79 Å². The molecule has 2 N–H and O–H groups in total. The average molecular weight is 255 g/mol. The zero-order chi connectivity index (χ0) is 12.0. The van der Waals surface area contributed by atoms with Crippen LogP contribution in [0.2, 0.25) is 0 Å². The van der Waals surface area contributed by atoms with Crippen molar-refractivity contribution in [1.29, 1.82) is 0 Å². The van der Waals surface area contributed by atoms with Crippen LogP contribution < -0.4 is 10.6 Å². The van der Waals surface area contributed by atoms with E-state index >= 15 is 0 Å². The second-order valence-corrected chi connectivity index (χ2v) is 3.96. The number of thiocarbonyl (C=S) groups is 1. The van der Waals surface area contributed by atoms with Gasteiger partial charge in [-0.25, -0.2) is 0 Å². The molecule has 16 heavy (non-hydrogen) atoms. The van der Waals surface area contributed by atoms with Crippen LogP contribution in [-0.4, -0.2) is 17.6 Å². The van der Waals surface area contributed by atoms with Crippen molar-refractivity contribution in [2.24, 2.45) is 0 Å². The Morgan fingerprint density at radius 3 is 2.56 bits per heavy atom. The Morgan fingerprint density at radius 1 is 1.38 bits per heavy atom. The van der Waals surface area contributed by atoms with Crippen molar-refractivity contribution in [3.63, 3.8) is 0 Å². The van der Waals surface area contributed by atoms with Crippen LogP contribution in [0.3, 0.4) is 0 Å². The molecule has 0 fully saturated rings. The van der Waals surface area contributed by atoms with Crippen molar-refractivity contribution < 1.29 is 4.79 Å². The molecule has 84 valence electrons. The number of rotatable bonds is 3. The van der Waals surface area contributed by atoms with E-state index in [4.69, 9.17) is 23.8 Å². The van der Waals surface area contributed by atoms with E-state index in [1.807, 2.05) is 6.07 Å². The Labute approximate surface area is 104 Å². The van der Waals surface area contributed by atoms with Crippen molar-refractivity contribution in [3.8, 4) is 0 Å². The predicted octanol–water partition coefficient (Wildman–Crippen LogP) is 2.04. The first kappa shape index (κ1) is 12.7. The predicted molar refractivity (Wildman–Crippen MR) is 69.5 cm³/mol. The SMILES string of the molecule is C=C(Cl)CNC(=S)NC(=O)c1ccccc1. The lowest BCUT2D eigenvalue weighted by Crippen LogP contribution is -2.39. The molecule has 0 aliphatic carbocycles. The van der Waals surface area contributed by atoms with Crippen molar-refractivity contribution in [2.75, 3.05) is 6.54 Å². The fourth-order valence-electron chi connectivity index (χ4n) is 0.985. The third kappa shape index (κ3) is 4.42. The highest BCUT2D eigenvalue weighted by atomic mass is 35.5. The topological polar surface area (TPSA) is 41.1 Å². The van der Waals surface area contributed by atoms with Crippen LogP contribution >= 0.6 is 23.8 Å². The number of halogens is 1. The summed E-state index contributed by atoms with van der Waals surface area (Å²) in [7, 11) is 0. The minimum atomic E-state index is -0.252. The van der Waals surface area contributed by atoms with Crippen LogP contribution in [0.1, 0.15) is 10.4 Å². The lowest BCUT2D eigenvalue weighted by molar-refractivity contribution is 0.0977. The van der Waals surface area contributed by atoms with Gasteiger partial charge in [0.15, 0.2) is 5.11 Å². The molecule has 0 saturated heterocycles. The Balaban J connectivity index is 2.46. The zero-order valence-electron chi connectivity index (χ0n) is 8.50. The summed E-state index contributed by atoms with van der Waals surface area (Å²) in [6, 6.07) is 8.82. The summed E-state index contributed by atoms with van der Waals surface area (Å²) in [6.45, 7) is 3.82. The molecule has 3 nitrogen and oxygen atoms in total. The van der Waals surface area contributed by atoms with Gasteiger partial charge in [-0.15, -0.1) is 0 Å². The van der Waals surface area contributed by atoms with Gasteiger partial charge in [-0.1, -0.05) is 36.4 Å². The minimum absolute atomic E-state index is 0.232. The van der Waals surface area contributed by atoms with E-state index < -0.39 is 0 Å². The summed E-state index contributed by atoms with van der Waals surface area (Å²) in [5.74, 6) is -0.252. The van der Waals surface area contributed by atoms with Crippen LogP contribution in [-0.2, 0) is 0 Å². The second kappa shape index (κ2) is 6.25. The molecule has 0 aromatic heterocycles. The van der Waals surface area contributed by atoms with Crippen molar-refractivity contribution in [3.05, 3.63) is 47.5 Å². The molecule has 0 heterocycles. The highest BCUT2D eigenvalue weighted by molar-refractivity contribution is 7.80. The van der Waals surface area contributed by atoms with Gasteiger partial charge in [-0.2, -0.15) is 0 Å². The number of benzene rings is 1. The summed E-state index contributed by atoms with van der Waals surface area (Å²) >= 11 is 10.5. The third-order valence-electron chi connectivity index (χ3n) is 1.70. The Bertz CT molecular complexity index is 406. The molecule has 0 radical (unpaired) electrons. The van der Waals surface area contributed by atoms with Gasteiger partial charge in [-0.3, -0.25) is 10.1 Å². The lowest BCUT2D eigenvalue weighted by atomic mass is 10.2. The van der Waals surface area contributed by atoms with Crippen LogP contribution in [0.25, 0.3) is 0 Å². The molecule has 0 spiro atoms. The Kier molecular flexibility index (Phi) is 4.95. The van der Waals surface area contributed by atoms with Crippen molar-refractivity contribution in [2.45, 2.75) is 0 Å². The molecule has 0 bridgehead atoms. The van der Waals surface area contributed by atoms with E-state index in [2.05, 4.69) is 17.2 Å². The van der Waals surface area contributed by atoms with Gasteiger partial charge >= 0.3 is 0 Å². The Hall–Kier alpha value is -1.39. The molecule has 0 aliphatic rings. The van der Waals surface area contributed by atoms with E-state index in [0.29, 0.717) is 17.1 Å². The molecule has 0 saturated carbocycles. The number of hydrogen-bond acceptors (Lipinski definition) is 2. The Morgan fingerprint density at radius 2 is 2.00 bits per heavy atom. The fourth-order valence-corrected chi connectivity index (χ4v) is 1.22. The number of carbonyl (C=O) groups is 1. The minimum Gasteiger partial charge on any atom is -0.357 e. The molecule has 0 atom stereocenters. The number of hydrogen-bond donors (Lipinski definition) is 2. The molecule has 5 heteroatoms. The quantitative estimate of drug-likeness (QED) is 0.812. The molecular weight excluding hydrogens is 244 g/mol. The summed E-state index contributed by atoms with van der Waals surface area (Å²) in [5, 5.41) is 5.94. The molecule has 1 amide bonds. The largest absolute Gasteiger partial charge is 0.357 e. The number of amides is 1. The summed E-state index contributed by atoms with van der Waals surface area (Å²) in [5.41, 5.74) is 0.552. The highest BCUT2D eigenvalue weighted by Crippen LogP contribution is 1.97. The van der Waals surface area contributed by atoms with Crippen molar-refractivity contribution >= 4 is 34.8 Å². The molecular formula is C11H11ClN2OS. The normalized spacial score (nSPS) is 9.31. The first-order chi connectivity index (χ1) is 7.59. The maximum atomic E-state index is 11.6. The lowest BCUT2D eigenvalue weighted by Gasteiger charge is -2.08. The van der Waals surface area contributed by atoms with Crippen LogP contribution in [0, 0.1) is 0 Å². The highest BCUT2D eigenvalue weighted by Gasteiger charge is 2.06.